The summed E-state index contributed by atoms with van der Waals surface area (Å²) in [6, 6.07) is 15.9. The maximum Gasteiger partial charge on any atom is 0.163 e. The number of ketones is 1. The van der Waals surface area contributed by atoms with Gasteiger partial charge in [0.05, 0.1) is 12.2 Å². The van der Waals surface area contributed by atoms with Crippen molar-refractivity contribution in [2.24, 2.45) is 5.92 Å². The van der Waals surface area contributed by atoms with E-state index in [1.54, 1.807) is 12.1 Å². The number of rotatable bonds is 17. The Hall–Kier alpha value is -2.33. The first-order valence-electron chi connectivity index (χ1n) is 14.3. The van der Waals surface area contributed by atoms with Crippen LogP contribution in [0.15, 0.2) is 48.5 Å². The largest absolute Gasteiger partial charge is 0.507 e. The molecule has 2 aromatic carbocycles. The molecule has 198 valence electrons. The minimum absolute atomic E-state index is 0.000772. The maximum atomic E-state index is 11.4. The average Bonchev–Trinajstić information content (AvgIpc) is 2.88. The van der Waals surface area contributed by atoms with E-state index in [1.807, 2.05) is 0 Å². The number of unbranched alkanes of at least 4 members (excludes halogenated alkanes) is 9. The van der Waals surface area contributed by atoms with E-state index >= 15 is 0 Å². The summed E-state index contributed by atoms with van der Waals surface area (Å²) in [4.78, 5) is 14.1. The van der Waals surface area contributed by atoms with Crippen molar-refractivity contribution in [1.29, 1.82) is 0 Å². The molecule has 0 aliphatic carbocycles. The van der Waals surface area contributed by atoms with E-state index in [1.165, 1.54) is 115 Å². The molecule has 1 aliphatic heterocycles. The average molecular weight is 494 g/mol. The lowest BCUT2D eigenvalue weighted by Crippen LogP contribution is -2.35. The predicted octanol–water partition coefficient (Wildman–Crippen LogP) is 7.83. The Bertz CT molecular complexity index is 874. The third kappa shape index (κ3) is 10.7. The minimum atomic E-state index is -0.135. The fourth-order valence-electron chi connectivity index (χ4n) is 5.30. The van der Waals surface area contributed by atoms with Crippen LogP contribution in [0, 0.1) is 5.92 Å². The highest BCUT2D eigenvalue weighted by molar-refractivity contribution is 5.96. The molecule has 0 spiro atoms. The van der Waals surface area contributed by atoms with E-state index < -0.39 is 0 Å². The summed E-state index contributed by atoms with van der Waals surface area (Å²) in [7, 11) is 0. The predicted molar refractivity (Wildman–Crippen MR) is 149 cm³/mol. The van der Waals surface area contributed by atoms with Crippen LogP contribution in [0.4, 0.5) is 0 Å². The van der Waals surface area contributed by atoms with E-state index in [4.69, 9.17) is 4.74 Å². The fraction of sp³-hybridized carbons (Fsp3) is 0.594. The van der Waals surface area contributed by atoms with E-state index in [9.17, 15) is 9.90 Å². The van der Waals surface area contributed by atoms with Crippen LogP contribution in [0.3, 0.4) is 0 Å². The topological polar surface area (TPSA) is 49.8 Å². The fourth-order valence-corrected chi connectivity index (χ4v) is 5.30. The summed E-state index contributed by atoms with van der Waals surface area (Å²) in [5.41, 5.74) is 1.85. The quantitative estimate of drug-likeness (QED) is 0.180. The lowest BCUT2D eigenvalue weighted by atomic mass is 9.90. The molecule has 3 rings (SSSR count). The van der Waals surface area contributed by atoms with Crippen molar-refractivity contribution in [3.05, 3.63) is 59.7 Å². The molecular formula is C32H47NO3. The Balaban J connectivity index is 1.08. The van der Waals surface area contributed by atoms with Crippen molar-refractivity contribution in [3.63, 3.8) is 0 Å². The highest BCUT2D eigenvalue weighted by Crippen LogP contribution is 2.24. The van der Waals surface area contributed by atoms with Gasteiger partial charge in [-0.15, -0.1) is 0 Å². The lowest BCUT2D eigenvalue weighted by Gasteiger charge is -2.32. The highest BCUT2D eigenvalue weighted by atomic mass is 16.5. The van der Waals surface area contributed by atoms with Gasteiger partial charge in [0.25, 0.3) is 0 Å². The highest BCUT2D eigenvalue weighted by Gasteiger charge is 2.18. The molecule has 0 unspecified atom stereocenters. The molecule has 0 radical (unpaired) electrons. The van der Waals surface area contributed by atoms with Gasteiger partial charge in [-0.3, -0.25) is 4.79 Å². The van der Waals surface area contributed by atoms with Gasteiger partial charge in [0.1, 0.15) is 11.5 Å². The number of hydrogen-bond acceptors (Lipinski definition) is 4. The molecule has 1 N–H and O–H groups in total. The van der Waals surface area contributed by atoms with Crippen LogP contribution in [0.2, 0.25) is 0 Å². The summed E-state index contributed by atoms with van der Waals surface area (Å²) in [6.45, 7) is 5.98. The van der Waals surface area contributed by atoms with E-state index in [2.05, 4.69) is 35.2 Å². The zero-order chi connectivity index (χ0) is 25.4. The number of piperidine rings is 1. The maximum absolute atomic E-state index is 11.4. The Kier molecular flexibility index (Phi) is 12.9. The molecule has 0 atom stereocenters. The van der Waals surface area contributed by atoms with Gasteiger partial charge in [0, 0.05) is 6.07 Å². The Morgan fingerprint density at radius 2 is 1.47 bits per heavy atom. The first-order chi connectivity index (χ1) is 17.6. The summed E-state index contributed by atoms with van der Waals surface area (Å²) < 4.78 is 5.70. The summed E-state index contributed by atoms with van der Waals surface area (Å²) in [5, 5.41) is 9.86. The zero-order valence-electron chi connectivity index (χ0n) is 22.4. The van der Waals surface area contributed by atoms with Crippen molar-refractivity contribution in [3.8, 4) is 11.5 Å². The number of Topliss-reactive ketones (excluding diaryl/α,β-unsaturated/α-hetero) is 1. The van der Waals surface area contributed by atoms with Crippen molar-refractivity contribution in [2.75, 3.05) is 26.2 Å². The number of ether oxygens (including phenoxy) is 1. The second kappa shape index (κ2) is 16.4. The minimum Gasteiger partial charge on any atom is -0.507 e. The molecule has 1 fully saturated rings. The number of nitrogens with zero attached hydrogens (tertiary/aromatic N) is 1. The number of benzene rings is 2. The van der Waals surface area contributed by atoms with Crippen molar-refractivity contribution in [1.82, 2.24) is 4.90 Å². The summed E-state index contributed by atoms with van der Waals surface area (Å²) in [6.07, 6.45) is 17.0. The number of carbonyl (C=O) groups is 1. The Morgan fingerprint density at radius 3 is 2.08 bits per heavy atom. The van der Waals surface area contributed by atoms with Crippen LogP contribution in [0.1, 0.15) is 99.9 Å². The van der Waals surface area contributed by atoms with Crippen LogP contribution in [-0.4, -0.2) is 42.0 Å². The van der Waals surface area contributed by atoms with Gasteiger partial charge in [-0.2, -0.15) is 0 Å². The first kappa shape index (κ1) is 28.2. The van der Waals surface area contributed by atoms with E-state index in [0.29, 0.717) is 17.9 Å². The molecule has 0 aromatic heterocycles. The molecular weight excluding hydrogens is 446 g/mol. The molecule has 2 aromatic rings. The van der Waals surface area contributed by atoms with Crippen molar-refractivity contribution in [2.45, 2.75) is 90.4 Å². The number of phenols is 1. The third-order valence-corrected chi connectivity index (χ3v) is 7.56. The molecule has 4 heteroatoms. The normalized spacial score (nSPS) is 14.7. The summed E-state index contributed by atoms with van der Waals surface area (Å²) >= 11 is 0. The zero-order valence-corrected chi connectivity index (χ0v) is 22.4. The van der Waals surface area contributed by atoms with Crippen LogP contribution in [0.5, 0.6) is 11.5 Å². The standard InChI is InChI=1S/C32H47NO3/c1-27(34)31-18-17-30(26-32(31)35)36-24-14-9-7-5-3-2-4-6-8-13-21-33-22-19-29(20-23-33)25-28-15-11-10-12-16-28/h10-12,15-18,26,29,35H,2-9,13-14,19-25H2,1H3. The Labute approximate surface area is 219 Å². The van der Waals surface area contributed by atoms with Crippen LogP contribution < -0.4 is 4.74 Å². The van der Waals surface area contributed by atoms with Gasteiger partial charge in [-0.1, -0.05) is 81.7 Å². The van der Waals surface area contributed by atoms with Gasteiger partial charge >= 0.3 is 0 Å². The monoisotopic (exact) mass is 493 g/mol. The third-order valence-electron chi connectivity index (χ3n) is 7.56. The van der Waals surface area contributed by atoms with Crippen molar-refractivity contribution < 1.29 is 14.6 Å². The Morgan fingerprint density at radius 1 is 0.861 bits per heavy atom. The molecule has 0 bridgehead atoms. The number of aromatic hydroxyl groups is 1. The van der Waals surface area contributed by atoms with Gasteiger partial charge in [-0.05, 0) is 82.3 Å². The van der Waals surface area contributed by atoms with Crippen LogP contribution in [-0.2, 0) is 6.42 Å². The first-order valence-corrected chi connectivity index (χ1v) is 14.3. The van der Waals surface area contributed by atoms with Crippen LogP contribution in [0.25, 0.3) is 0 Å². The number of carbonyl (C=O) groups excluding carboxylic acids is 1. The second-order valence-corrected chi connectivity index (χ2v) is 10.6. The molecule has 0 amide bonds. The van der Waals surface area contributed by atoms with Gasteiger partial charge in [-0.25, -0.2) is 0 Å². The molecule has 4 nitrogen and oxygen atoms in total. The SMILES string of the molecule is CC(=O)c1ccc(OCCCCCCCCCCCCN2CCC(Cc3ccccc3)CC2)cc1O. The molecule has 1 heterocycles. The number of likely N-dealkylation sites (tertiary alicyclic amines) is 1. The van der Waals surface area contributed by atoms with Gasteiger partial charge in [0.15, 0.2) is 5.78 Å². The molecule has 36 heavy (non-hydrogen) atoms. The molecule has 1 aliphatic rings. The summed E-state index contributed by atoms with van der Waals surface area (Å²) in [5.74, 6) is 1.37. The lowest BCUT2D eigenvalue weighted by molar-refractivity contribution is 0.101. The van der Waals surface area contributed by atoms with Crippen LogP contribution >= 0.6 is 0 Å². The molecule has 0 saturated carbocycles. The van der Waals surface area contributed by atoms with Gasteiger partial charge in [0.2, 0.25) is 0 Å². The molecule has 1 saturated heterocycles. The van der Waals surface area contributed by atoms with E-state index in [0.717, 1.165) is 12.3 Å². The smallest absolute Gasteiger partial charge is 0.163 e. The number of hydrogen-bond donors (Lipinski definition) is 1. The van der Waals surface area contributed by atoms with E-state index in [-0.39, 0.29) is 11.5 Å². The number of phenolic OH excluding ortho intramolecular Hbond substituents is 1. The van der Waals surface area contributed by atoms with Gasteiger partial charge < -0.3 is 14.7 Å². The second-order valence-electron chi connectivity index (χ2n) is 10.6. The van der Waals surface area contributed by atoms with Crippen molar-refractivity contribution >= 4 is 5.78 Å².